The van der Waals surface area contributed by atoms with Crippen molar-refractivity contribution < 1.29 is 0 Å². The molecule has 2 nitrogen and oxygen atoms in total. The van der Waals surface area contributed by atoms with Gasteiger partial charge in [0.1, 0.15) is 0 Å². The third-order valence-electron chi connectivity index (χ3n) is 2.39. The summed E-state index contributed by atoms with van der Waals surface area (Å²) in [5, 5.41) is 6.44. The molecule has 1 aromatic heterocycles. The molecule has 0 unspecified atom stereocenters. The second-order valence-electron chi connectivity index (χ2n) is 5.40. The summed E-state index contributed by atoms with van der Waals surface area (Å²) in [6.07, 6.45) is 0. The van der Waals surface area contributed by atoms with E-state index in [9.17, 15) is 0 Å². The molecule has 0 aliphatic rings. The average molecular weight is 325 g/mol. The van der Waals surface area contributed by atoms with Gasteiger partial charge in [0.2, 0.25) is 0 Å². The van der Waals surface area contributed by atoms with Gasteiger partial charge in [-0.05, 0) is 39.3 Å². The second kappa shape index (κ2) is 5.02. The van der Waals surface area contributed by atoms with Crippen molar-refractivity contribution in [3.05, 3.63) is 33.6 Å². The van der Waals surface area contributed by atoms with E-state index in [2.05, 4.69) is 77.5 Å². The fourth-order valence-electron chi connectivity index (χ4n) is 1.60. The predicted octanol–water partition coefficient (Wildman–Crippen LogP) is 5.09. The highest BCUT2D eigenvalue weighted by atomic mass is 79.9. The van der Waals surface area contributed by atoms with Crippen molar-refractivity contribution in [2.45, 2.75) is 33.2 Å². The molecule has 0 saturated carbocycles. The van der Waals surface area contributed by atoms with Crippen LogP contribution in [0.4, 0.5) is 5.13 Å². The van der Waals surface area contributed by atoms with Crippen molar-refractivity contribution >= 4 is 32.4 Å². The quantitative estimate of drug-likeness (QED) is 0.832. The van der Waals surface area contributed by atoms with Crippen LogP contribution in [0.5, 0.6) is 0 Å². The van der Waals surface area contributed by atoms with Crippen molar-refractivity contribution in [1.82, 2.24) is 4.98 Å². The third-order valence-corrected chi connectivity index (χ3v) is 3.80. The molecule has 2 rings (SSSR count). The standard InChI is InChI=1S/C14H17BrN2S/c1-9-5-6-10(11(15)7-9)12-8-18-13(16-12)17-14(2,3)4/h5-8H,1-4H3,(H,16,17). The first kappa shape index (κ1) is 13.6. The summed E-state index contributed by atoms with van der Waals surface area (Å²) in [5.41, 5.74) is 3.44. The molecule has 4 heteroatoms. The molecule has 96 valence electrons. The fourth-order valence-corrected chi connectivity index (χ4v) is 3.22. The van der Waals surface area contributed by atoms with Crippen molar-refractivity contribution in [3.8, 4) is 11.3 Å². The number of anilines is 1. The lowest BCUT2D eigenvalue weighted by Crippen LogP contribution is -2.25. The van der Waals surface area contributed by atoms with Gasteiger partial charge in [0.15, 0.2) is 5.13 Å². The molecule has 1 N–H and O–H groups in total. The maximum Gasteiger partial charge on any atom is 0.183 e. The smallest absolute Gasteiger partial charge is 0.183 e. The maximum absolute atomic E-state index is 4.63. The van der Waals surface area contributed by atoms with Crippen LogP contribution in [0.25, 0.3) is 11.3 Å². The number of hydrogen-bond donors (Lipinski definition) is 1. The molecule has 0 amide bonds. The Balaban J connectivity index is 2.29. The van der Waals surface area contributed by atoms with Gasteiger partial charge in [-0.2, -0.15) is 0 Å². The minimum absolute atomic E-state index is 0.0413. The van der Waals surface area contributed by atoms with Crippen LogP contribution >= 0.6 is 27.3 Å². The molecule has 0 fully saturated rings. The van der Waals surface area contributed by atoms with E-state index in [4.69, 9.17) is 0 Å². The molecule has 0 radical (unpaired) electrons. The lowest BCUT2D eigenvalue weighted by Gasteiger charge is -2.19. The van der Waals surface area contributed by atoms with Crippen LogP contribution in [-0.4, -0.2) is 10.5 Å². The topological polar surface area (TPSA) is 24.9 Å². The van der Waals surface area contributed by atoms with Gasteiger partial charge < -0.3 is 5.32 Å². The number of hydrogen-bond acceptors (Lipinski definition) is 3. The summed E-state index contributed by atoms with van der Waals surface area (Å²) in [7, 11) is 0. The van der Waals surface area contributed by atoms with Gasteiger partial charge >= 0.3 is 0 Å². The molecule has 0 saturated heterocycles. The van der Waals surface area contributed by atoms with Gasteiger partial charge in [-0.15, -0.1) is 11.3 Å². The fraction of sp³-hybridized carbons (Fsp3) is 0.357. The Kier molecular flexibility index (Phi) is 3.78. The van der Waals surface area contributed by atoms with Crippen LogP contribution in [0, 0.1) is 6.92 Å². The lowest BCUT2D eigenvalue weighted by atomic mass is 10.1. The van der Waals surface area contributed by atoms with Gasteiger partial charge in [0.05, 0.1) is 5.69 Å². The number of benzene rings is 1. The van der Waals surface area contributed by atoms with Gasteiger partial charge in [-0.3, -0.25) is 0 Å². The zero-order chi connectivity index (χ0) is 13.3. The average Bonchev–Trinajstić information content (AvgIpc) is 2.63. The van der Waals surface area contributed by atoms with Crippen LogP contribution in [0.3, 0.4) is 0 Å². The van der Waals surface area contributed by atoms with E-state index < -0.39 is 0 Å². The number of thiazole rings is 1. The van der Waals surface area contributed by atoms with E-state index in [1.807, 2.05) is 0 Å². The number of rotatable bonds is 2. The molecule has 0 atom stereocenters. The molecular weight excluding hydrogens is 308 g/mol. The third kappa shape index (κ3) is 3.33. The Morgan fingerprint density at radius 1 is 1.28 bits per heavy atom. The van der Waals surface area contributed by atoms with Crippen molar-refractivity contribution in [1.29, 1.82) is 0 Å². The Hall–Kier alpha value is -0.870. The molecule has 0 aliphatic carbocycles. The summed E-state index contributed by atoms with van der Waals surface area (Å²) in [4.78, 5) is 4.63. The zero-order valence-corrected chi connectivity index (χ0v) is 13.4. The summed E-state index contributed by atoms with van der Waals surface area (Å²) >= 11 is 5.24. The highest BCUT2D eigenvalue weighted by Gasteiger charge is 2.13. The normalized spacial score (nSPS) is 11.6. The van der Waals surface area contributed by atoms with E-state index in [1.54, 1.807) is 11.3 Å². The Labute approximate surface area is 121 Å². The number of aryl methyl sites for hydroxylation is 1. The Morgan fingerprint density at radius 3 is 2.61 bits per heavy atom. The summed E-state index contributed by atoms with van der Waals surface area (Å²) in [5.74, 6) is 0. The van der Waals surface area contributed by atoms with Crippen LogP contribution in [0.2, 0.25) is 0 Å². The summed E-state index contributed by atoms with van der Waals surface area (Å²) in [6, 6.07) is 6.33. The van der Waals surface area contributed by atoms with E-state index in [-0.39, 0.29) is 5.54 Å². The molecule has 1 heterocycles. The van der Waals surface area contributed by atoms with E-state index in [1.165, 1.54) is 5.56 Å². The van der Waals surface area contributed by atoms with Gasteiger partial charge in [-0.25, -0.2) is 4.98 Å². The van der Waals surface area contributed by atoms with E-state index in [0.717, 1.165) is 20.9 Å². The summed E-state index contributed by atoms with van der Waals surface area (Å²) < 4.78 is 1.09. The van der Waals surface area contributed by atoms with Crippen molar-refractivity contribution in [2.24, 2.45) is 0 Å². The molecule has 1 aromatic carbocycles. The first-order valence-electron chi connectivity index (χ1n) is 5.85. The zero-order valence-electron chi connectivity index (χ0n) is 11.0. The Bertz CT molecular complexity index is 555. The molecule has 2 aromatic rings. The van der Waals surface area contributed by atoms with Gasteiger partial charge in [0.25, 0.3) is 0 Å². The number of aromatic nitrogens is 1. The monoisotopic (exact) mass is 324 g/mol. The second-order valence-corrected chi connectivity index (χ2v) is 7.11. The van der Waals surface area contributed by atoms with Crippen LogP contribution < -0.4 is 5.32 Å². The number of nitrogens with zero attached hydrogens (tertiary/aromatic N) is 1. The maximum atomic E-state index is 4.63. The minimum Gasteiger partial charge on any atom is -0.357 e. The Morgan fingerprint density at radius 2 is 2.00 bits per heavy atom. The largest absolute Gasteiger partial charge is 0.357 e. The number of halogens is 1. The molecular formula is C14H17BrN2S. The van der Waals surface area contributed by atoms with E-state index >= 15 is 0 Å². The molecule has 0 bridgehead atoms. The van der Waals surface area contributed by atoms with Crippen molar-refractivity contribution in [3.63, 3.8) is 0 Å². The minimum atomic E-state index is 0.0413. The molecule has 0 aliphatic heterocycles. The SMILES string of the molecule is Cc1ccc(-c2csc(NC(C)(C)C)n2)c(Br)c1. The van der Waals surface area contributed by atoms with E-state index in [0.29, 0.717) is 0 Å². The first-order valence-corrected chi connectivity index (χ1v) is 7.53. The summed E-state index contributed by atoms with van der Waals surface area (Å²) in [6.45, 7) is 8.49. The van der Waals surface area contributed by atoms with Crippen LogP contribution in [0.15, 0.2) is 28.1 Å². The predicted molar refractivity (Wildman–Crippen MR) is 83.4 cm³/mol. The first-order chi connectivity index (χ1) is 8.35. The number of nitrogens with one attached hydrogen (secondary N) is 1. The highest BCUT2D eigenvalue weighted by Crippen LogP contribution is 2.32. The van der Waals surface area contributed by atoms with Crippen molar-refractivity contribution in [2.75, 3.05) is 5.32 Å². The highest BCUT2D eigenvalue weighted by molar-refractivity contribution is 9.10. The van der Waals surface area contributed by atoms with Gasteiger partial charge in [0, 0.05) is 21.0 Å². The lowest BCUT2D eigenvalue weighted by molar-refractivity contribution is 0.633. The molecule has 18 heavy (non-hydrogen) atoms. The van der Waals surface area contributed by atoms with Gasteiger partial charge in [-0.1, -0.05) is 28.1 Å². The van der Waals surface area contributed by atoms with Crippen LogP contribution in [0.1, 0.15) is 26.3 Å². The molecule has 0 spiro atoms. The van der Waals surface area contributed by atoms with Crippen LogP contribution in [-0.2, 0) is 0 Å².